The Morgan fingerprint density at radius 2 is 1.93 bits per heavy atom. The Hall–Kier alpha value is -1.57. The topological polar surface area (TPSA) is 37.3 Å². The van der Waals surface area contributed by atoms with Crippen molar-refractivity contribution in [2.75, 3.05) is 0 Å². The summed E-state index contributed by atoms with van der Waals surface area (Å²) in [6.07, 6.45) is 2.01. The fraction of sp³-hybridized carbons (Fsp3) is 0.308. The van der Waals surface area contributed by atoms with Crippen LogP contribution in [0.15, 0.2) is 29.8 Å². The molecule has 0 aliphatic rings. The first kappa shape index (κ1) is 11.5. The maximum absolute atomic E-state index is 10.9. The number of carboxylic acids is 1. The van der Waals surface area contributed by atoms with Gasteiger partial charge < -0.3 is 5.11 Å². The molecule has 1 aromatic carbocycles. The molecule has 0 amide bonds. The first-order valence-electron chi connectivity index (χ1n) is 4.99. The molecule has 15 heavy (non-hydrogen) atoms. The van der Waals surface area contributed by atoms with Crippen molar-refractivity contribution in [2.45, 2.75) is 26.7 Å². The second-order valence-corrected chi connectivity index (χ2v) is 3.91. The average Bonchev–Trinajstić information content (AvgIpc) is 2.16. The zero-order chi connectivity index (χ0) is 11.4. The zero-order valence-corrected chi connectivity index (χ0v) is 9.32. The standard InChI is InChI=1S/C13H16O2/c1-9(2)8-11-6-4-5-7-12(11)10(3)13(14)15/h4-8,10H,1-3H3,(H,14,15). The molecule has 0 saturated heterocycles. The molecular formula is C13H16O2. The molecule has 1 unspecified atom stereocenters. The van der Waals surface area contributed by atoms with Gasteiger partial charge in [0.15, 0.2) is 0 Å². The Labute approximate surface area is 90.3 Å². The third-order valence-electron chi connectivity index (χ3n) is 2.28. The number of benzene rings is 1. The number of hydrogen-bond acceptors (Lipinski definition) is 1. The average molecular weight is 204 g/mol. The lowest BCUT2D eigenvalue weighted by Gasteiger charge is -2.10. The van der Waals surface area contributed by atoms with E-state index in [4.69, 9.17) is 5.11 Å². The van der Waals surface area contributed by atoms with Gasteiger partial charge in [-0.25, -0.2) is 0 Å². The molecular weight excluding hydrogens is 188 g/mol. The van der Waals surface area contributed by atoms with Gasteiger partial charge in [-0.3, -0.25) is 4.79 Å². The maximum Gasteiger partial charge on any atom is 0.310 e. The molecule has 0 aliphatic heterocycles. The van der Waals surface area contributed by atoms with Crippen LogP contribution in [0.2, 0.25) is 0 Å². The smallest absolute Gasteiger partial charge is 0.310 e. The van der Waals surface area contributed by atoms with E-state index in [2.05, 4.69) is 0 Å². The highest BCUT2D eigenvalue weighted by atomic mass is 16.4. The summed E-state index contributed by atoms with van der Waals surface area (Å²) in [6, 6.07) is 7.61. The van der Waals surface area contributed by atoms with E-state index < -0.39 is 11.9 Å². The predicted octanol–water partition coefficient (Wildman–Crippen LogP) is 3.30. The van der Waals surface area contributed by atoms with Crippen LogP contribution in [0.1, 0.15) is 37.8 Å². The van der Waals surface area contributed by atoms with E-state index in [9.17, 15) is 4.79 Å². The number of hydrogen-bond donors (Lipinski definition) is 1. The largest absolute Gasteiger partial charge is 0.481 e. The molecule has 0 heterocycles. The number of carbonyl (C=O) groups is 1. The number of rotatable bonds is 3. The molecule has 1 atom stereocenters. The van der Waals surface area contributed by atoms with E-state index in [0.29, 0.717) is 0 Å². The molecule has 0 aromatic heterocycles. The third kappa shape index (κ3) is 2.94. The van der Waals surface area contributed by atoms with Crippen molar-refractivity contribution in [2.24, 2.45) is 0 Å². The summed E-state index contributed by atoms with van der Waals surface area (Å²) in [6.45, 7) is 5.71. The molecule has 0 saturated carbocycles. The Morgan fingerprint density at radius 3 is 2.47 bits per heavy atom. The van der Waals surface area contributed by atoms with Crippen LogP contribution in [0.5, 0.6) is 0 Å². The highest BCUT2D eigenvalue weighted by Crippen LogP contribution is 2.22. The van der Waals surface area contributed by atoms with Gasteiger partial charge in [-0.2, -0.15) is 0 Å². The van der Waals surface area contributed by atoms with Gasteiger partial charge in [0, 0.05) is 0 Å². The van der Waals surface area contributed by atoms with Crippen molar-refractivity contribution in [1.82, 2.24) is 0 Å². The summed E-state index contributed by atoms with van der Waals surface area (Å²) in [5.74, 6) is -1.25. The van der Waals surface area contributed by atoms with Gasteiger partial charge in [0.25, 0.3) is 0 Å². The van der Waals surface area contributed by atoms with Crippen molar-refractivity contribution < 1.29 is 9.90 Å². The molecule has 0 aliphatic carbocycles. The molecule has 0 spiro atoms. The summed E-state index contributed by atoms with van der Waals surface area (Å²) >= 11 is 0. The Balaban J connectivity index is 3.17. The van der Waals surface area contributed by atoms with Gasteiger partial charge in [-0.1, -0.05) is 35.9 Å². The molecule has 0 radical (unpaired) electrons. The summed E-state index contributed by atoms with van der Waals surface area (Å²) in [5, 5.41) is 8.97. The first-order valence-corrected chi connectivity index (χ1v) is 4.99. The SMILES string of the molecule is CC(C)=Cc1ccccc1C(C)C(=O)O. The van der Waals surface area contributed by atoms with Gasteiger partial charge in [-0.05, 0) is 31.9 Å². The number of aliphatic carboxylic acids is 1. The minimum atomic E-state index is -0.787. The van der Waals surface area contributed by atoms with Gasteiger partial charge >= 0.3 is 5.97 Å². The van der Waals surface area contributed by atoms with Crippen molar-refractivity contribution in [3.8, 4) is 0 Å². The van der Waals surface area contributed by atoms with Crippen LogP contribution in [-0.2, 0) is 4.79 Å². The molecule has 1 aromatic rings. The number of allylic oxidation sites excluding steroid dienone is 1. The van der Waals surface area contributed by atoms with E-state index in [1.165, 1.54) is 5.57 Å². The van der Waals surface area contributed by atoms with Gasteiger partial charge in [0.2, 0.25) is 0 Å². The lowest BCUT2D eigenvalue weighted by molar-refractivity contribution is -0.138. The summed E-state index contributed by atoms with van der Waals surface area (Å²) < 4.78 is 0. The second-order valence-electron chi connectivity index (χ2n) is 3.91. The Morgan fingerprint density at radius 1 is 1.33 bits per heavy atom. The fourth-order valence-electron chi connectivity index (χ4n) is 1.48. The van der Waals surface area contributed by atoms with Gasteiger partial charge in [0.1, 0.15) is 0 Å². The minimum absolute atomic E-state index is 0.461. The van der Waals surface area contributed by atoms with E-state index in [0.717, 1.165) is 11.1 Å². The summed E-state index contributed by atoms with van der Waals surface area (Å²) in [5.41, 5.74) is 3.03. The lowest BCUT2D eigenvalue weighted by Crippen LogP contribution is -2.08. The summed E-state index contributed by atoms with van der Waals surface area (Å²) in [4.78, 5) is 10.9. The molecule has 2 nitrogen and oxygen atoms in total. The molecule has 0 fully saturated rings. The van der Waals surface area contributed by atoms with Crippen molar-refractivity contribution in [1.29, 1.82) is 0 Å². The van der Waals surface area contributed by atoms with Crippen LogP contribution in [0.25, 0.3) is 6.08 Å². The van der Waals surface area contributed by atoms with Crippen molar-refractivity contribution in [3.05, 3.63) is 41.0 Å². The highest BCUT2D eigenvalue weighted by Gasteiger charge is 2.15. The Bertz CT molecular complexity index is 387. The fourth-order valence-corrected chi connectivity index (χ4v) is 1.48. The first-order chi connectivity index (χ1) is 7.02. The van der Waals surface area contributed by atoms with Crippen LogP contribution in [0.4, 0.5) is 0 Å². The highest BCUT2D eigenvalue weighted by molar-refractivity contribution is 5.77. The molecule has 1 rings (SSSR count). The van der Waals surface area contributed by atoms with E-state index in [1.54, 1.807) is 6.92 Å². The van der Waals surface area contributed by atoms with Crippen LogP contribution in [0.3, 0.4) is 0 Å². The van der Waals surface area contributed by atoms with Crippen LogP contribution in [0, 0.1) is 0 Å². The quantitative estimate of drug-likeness (QED) is 0.820. The van der Waals surface area contributed by atoms with Crippen molar-refractivity contribution in [3.63, 3.8) is 0 Å². The monoisotopic (exact) mass is 204 g/mol. The Kier molecular flexibility index (Phi) is 3.67. The van der Waals surface area contributed by atoms with Crippen LogP contribution in [-0.4, -0.2) is 11.1 Å². The normalized spacial score (nSPS) is 11.9. The van der Waals surface area contributed by atoms with E-state index in [-0.39, 0.29) is 0 Å². The molecule has 2 heteroatoms. The van der Waals surface area contributed by atoms with Gasteiger partial charge in [0.05, 0.1) is 5.92 Å². The predicted molar refractivity (Wildman–Crippen MR) is 61.8 cm³/mol. The molecule has 80 valence electrons. The van der Waals surface area contributed by atoms with Crippen LogP contribution >= 0.6 is 0 Å². The maximum atomic E-state index is 10.9. The third-order valence-corrected chi connectivity index (χ3v) is 2.28. The van der Waals surface area contributed by atoms with E-state index in [1.807, 2.05) is 44.2 Å². The summed E-state index contributed by atoms with van der Waals surface area (Å²) in [7, 11) is 0. The molecule has 0 bridgehead atoms. The second kappa shape index (κ2) is 4.78. The van der Waals surface area contributed by atoms with E-state index >= 15 is 0 Å². The number of carboxylic acid groups (broad SMARTS) is 1. The molecule has 1 N–H and O–H groups in total. The zero-order valence-electron chi connectivity index (χ0n) is 9.32. The lowest BCUT2D eigenvalue weighted by atomic mass is 9.95. The minimum Gasteiger partial charge on any atom is -0.481 e. The van der Waals surface area contributed by atoms with Gasteiger partial charge in [-0.15, -0.1) is 0 Å². The van der Waals surface area contributed by atoms with Crippen molar-refractivity contribution >= 4 is 12.0 Å². The van der Waals surface area contributed by atoms with Crippen LogP contribution < -0.4 is 0 Å².